The van der Waals surface area contributed by atoms with Gasteiger partial charge >= 0.3 is 0 Å². The number of amides is 1. The van der Waals surface area contributed by atoms with Crippen molar-refractivity contribution in [3.05, 3.63) is 101 Å². The van der Waals surface area contributed by atoms with Gasteiger partial charge in [0.05, 0.1) is 18.2 Å². The zero-order chi connectivity index (χ0) is 24.2. The van der Waals surface area contributed by atoms with Gasteiger partial charge in [0.15, 0.2) is 0 Å². The Labute approximate surface area is 199 Å². The van der Waals surface area contributed by atoms with Gasteiger partial charge in [-0.3, -0.25) is 14.6 Å². The van der Waals surface area contributed by atoms with Crippen molar-refractivity contribution in [2.75, 3.05) is 6.61 Å². The monoisotopic (exact) mass is 456 g/mol. The van der Waals surface area contributed by atoms with Gasteiger partial charge in [-0.15, -0.1) is 0 Å². The van der Waals surface area contributed by atoms with Crippen molar-refractivity contribution in [1.29, 1.82) is 0 Å². The average Bonchev–Trinajstić information content (AvgIpc) is 3.08. The quantitative estimate of drug-likeness (QED) is 0.306. The number of pyridine rings is 1. The van der Waals surface area contributed by atoms with Crippen LogP contribution in [0.1, 0.15) is 42.1 Å². The predicted octanol–water partition coefficient (Wildman–Crippen LogP) is 5.05. The highest BCUT2D eigenvalue weighted by Crippen LogP contribution is 2.40. The Morgan fingerprint density at radius 1 is 1.09 bits per heavy atom. The normalized spacial score (nSPS) is 17.4. The van der Waals surface area contributed by atoms with E-state index in [1.807, 2.05) is 49.4 Å². The number of aryl methyl sites for hydroxylation is 1. The summed E-state index contributed by atoms with van der Waals surface area (Å²) in [4.78, 5) is 31.9. The number of aliphatic hydroxyl groups excluding tert-OH is 1. The standard InChI is InChI=1S/C28H28N2O4/c1-18(2)17-34-22-11-12-23(19(3)14-22)26(31)24-25(21-9-5-4-6-10-21)30(28(33)27(24)32)16-20-8-7-13-29-15-20/h4-15,18,25,31H,16-17H2,1-3H3/t25-/m1/s1. The Morgan fingerprint density at radius 3 is 2.50 bits per heavy atom. The lowest BCUT2D eigenvalue weighted by Gasteiger charge is -2.25. The number of benzene rings is 2. The summed E-state index contributed by atoms with van der Waals surface area (Å²) >= 11 is 0. The lowest BCUT2D eigenvalue weighted by molar-refractivity contribution is -0.140. The molecular formula is C28H28N2O4. The van der Waals surface area contributed by atoms with E-state index in [2.05, 4.69) is 18.8 Å². The van der Waals surface area contributed by atoms with Crippen molar-refractivity contribution in [2.45, 2.75) is 33.4 Å². The van der Waals surface area contributed by atoms with Crippen LogP contribution in [0.15, 0.2) is 78.6 Å². The fraction of sp³-hybridized carbons (Fsp3) is 0.250. The first-order valence-electron chi connectivity index (χ1n) is 11.3. The van der Waals surface area contributed by atoms with Crippen molar-refractivity contribution < 1.29 is 19.4 Å². The molecule has 2 heterocycles. The van der Waals surface area contributed by atoms with E-state index < -0.39 is 17.7 Å². The van der Waals surface area contributed by atoms with Crippen molar-refractivity contribution in [2.24, 2.45) is 5.92 Å². The van der Waals surface area contributed by atoms with E-state index in [9.17, 15) is 14.7 Å². The summed E-state index contributed by atoms with van der Waals surface area (Å²) in [6, 6.07) is 17.6. The number of aromatic nitrogens is 1. The van der Waals surface area contributed by atoms with Crippen LogP contribution in [-0.2, 0) is 16.1 Å². The zero-order valence-corrected chi connectivity index (χ0v) is 19.6. The largest absolute Gasteiger partial charge is 0.507 e. The molecule has 1 aliphatic rings. The second-order valence-corrected chi connectivity index (χ2v) is 8.88. The van der Waals surface area contributed by atoms with Gasteiger partial charge in [-0.05, 0) is 53.8 Å². The number of carbonyl (C=O) groups excluding carboxylic acids is 2. The number of aliphatic hydroxyl groups is 1. The second-order valence-electron chi connectivity index (χ2n) is 8.88. The lowest BCUT2D eigenvalue weighted by atomic mass is 9.94. The number of Topliss-reactive ketones (excluding diaryl/α,β-unsaturated/α-hetero) is 1. The summed E-state index contributed by atoms with van der Waals surface area (Å²) in [5, 5.41) is 11.3. The first-order chi connectivity index (χ1) is 16.4. The maximum Gasteiger partial charge on any atom is 0.295 e. The summed E-state index contributed by atoms with van der Waals surface area (Å²) in [7, 11) is 0. The van der Waals surface area contributed by atoms with Crippen LogP contribution in [0.5, 0.6) is 5.75 Å². The Morgan fingerprint density at radius 2 is 1.85 bits per heavy atom. The third-order valence-corrected chi connectivity index (χ3v) is 5.77. The number of rotatable bonds is 7. The summed E-state index contributed by atoms with van der Waals surface area (Å²) in [6.07, 6.45) is 3.32. The predicted molar refractivity (Wildman–Crippen MR) is 130 cm³/mol. The average molecular weight is 457 g/mol. The van der Waals surface area contributed by atoms with Crippen molar-refractivity contribution in [1.82, 2.24) is 9.88 Å². The number of hydrogen-bond acceptors (Lipinski definition) is 5. The van der Waals surface area contributed by atoms with E-state index in [4.69, 9.17) is 4.74 Å². The highest BCUT2D eigenvalue weighted by molar-refractivity contribution is 6.46. The molecule has 1 aromatic heterocycles. The minimum Gasteiger partial charge on any atom is -0.507 e. The van der Waals surface area contributed by atoms with E-state index in [0.717, 1.165) is 16.7 Å². The van der Waals surface area contributed by atoms with Crippen LogP contribution in [0, 0.1) is 12.8 Å². The van der Waals surface area contributed by atoms with Crippen LogP contribution in [0.2, 0.25) is 0 Å². The molecule has 0 bridgehead atoms. The number of ether oxygens (including phenoxy) is 1. The highest BCUT2D eigenvalue weighted by atomic mass is 16.5. The molecule has 174 valence electrons. The van der Waals surface area contributed by atoms with Gasteiger partial charge in [0.25, 0.3) is 11.7 Å². The van der Waals surface area contributed by atoms with Crippen molar-refractivity contribution in [3.8, 4) is 5.75 Å². The third-order valence-electron chi connectivity index (χ3n) is 5.77. The van der Waals surface area contributed by atoms with E-state index in [1.54, 1.807) is 30.6 Å². The molecule has 1 N–H and O–H groups in total. The molecule has 6 heteroatoms. The van der Waals surface area contributed by atoms with Gasteiger partial charge in [0, 0.05) is 24.5 Å². The highest BCUT2D eigenvalue weighted by Gasteiger charge is 2.46. The van der Waals surface area contributed by atoms with Crippen LogP contribution in [0.4, 0.5) is 0 Å². The summed E-state index contributed by atoms with van der Waals surface area (Å²) in [6.45, 7) is 6.77. The van der Waals surface area contributed by atoms with Gasteiger partial charge in [0.1, 0.15) is 11.5 Å². The van der Waals surface area contributed by atoms with Gasteiger partial charge in [-0.1, -0.05) is 50.2 Å². The number of likely N-dealkylation sites (tertiary alicyclic amines) is 1. The maximum absolute atomic E-state index is 13.2. The molecule has 34 heavy (non-hydrogen) atoms. The zero-order valence-electron chi connectivity index (χ0n) is 19.6. The molecule has 1 saturated heterocycles. The molecule has 0 radical (unpaired) electrons. The van der Waals surface area contributed by atoms with E-state index in [1.165, 1.54) is 4.90 Å². The molecule has 0 aliphatic carbocycles. The molecule has 3 aromatic rings. The van der Waals surface area contributed by atoms with Crippen LogP contribution in [0.25, 0.3) is 5.76 Å². The Hall–Kier alpha value is -3.93. The van der Waals surface area contributed by atoms with Crippen LogP contribution >= 0.6 is 0 Å². The molecule has 2 aromatic carbocycles. The minimum absolute atomic E-state index is 0.0824. The SMILES string of the molecule is Cc1cc(OCC(C)C)ccc1C(O)=C1C(=O)C(=O)N(Cc2cccnc2)[C@@H]1c1ccccc1. The lowest BCUT2D eigenvalue weighted by Crippen LogP contribution is -2.29. The third kappa shape index (κ3) is 4.71. The molecule has 1 amide bonds. The van der Waals surface area contributed by atoms with E-state index in [0.29, 0.717) is 23.8 Å². The first kappa shape index (κ1) is 23.2. The van der Waals surface area contributed by atoms with Crippen LogP contribution < -0.4 is 4.74 Å². The summed E-state index contributed by atoms with van der Waals surface area (Å²) in [5.41, 5.74) is 2.88. The molecule has 0 spiro atoms. The Bertz CT molecular complexity index is 1220. The summed E-state index contributed by atoms with van der Waals surface area (Å²) in [5.74, 6) is -0.452. The fourth-order valence-corrected chi connectivity index (χ4v) is 4.11. The molecule has 6 nitrogen and oxygen atoms in total. The van der Waals surface area contributed by atoms with Gasteiger partial charge in [-0.25, -0.2) is 0 Å². The van der Waals surface area contributed by atoms with Crippen molar-refractivity contribution in [3.63, 3.8) is 0 Å². The number of nitrogens with zero attached hydrogens (tertiary/aromatic N) is 2. The van der Waals surface area contributed by atoms with Gasteiger partial charge < -0.3 is 14.7 Å². The molecule has 1 atom stereocenters. The van der Waals surface area contributed by atoms with Crippen LogP contribution in [-0.4, -0.2) is 33.3 Å². The smallest absolute Gasteiger partial charge is 0.295 e. The molecule has 1 fully saturated rings. The number of ketones is 1. The fourth-order valence-electron chi connectivity index (χ4n) is 4.11. The number of carbonyl (C=O) groups is 2. The van der Waals surface area contributed by atoms with Crippen LogP contribution in [0.3, 0.4) is 0 Å². The molecule has 4 rings (SSSR count). The van der Waals surface area contributed by atoms with Gasteiger partial charge in [-0.2, -0.15) is 0 Å². The van der Waals surface area contributed by atoms with Crippen molar-refractivity contribution >= 4 is 17.4 Å². The van der Waals surface area contributed by atoms with Gasteiger partial charge in [0.2, 0.25) is 0 Å². The second kappa shape index (κ2) is 9.91. The van der Waals surface area contributed by atoms with E-state index in [-0.39, 0.29) is 17.9 Å². The molecule has 1 aliphatic heterocycles. The number of hydrogen-bond donors (Lipinski definition) is 1. The molecule has 0 saturated carbocycles. The molecule has 0 unspecified atom stereocenters. The van der Waals surface area contributed by atoms with E-state index >= 15 is 0 Å². The first-order valence-corrected chi connectivity index (χ1v) is 11.3. The summed E-state index contributed by atoms with van der Waals surface area (Å²) < 4.78 is 5.79. The maximum atomic E-state index is 13.2. The topological polar surface area (TPSA) is 79.7 Å². The molecular weight excluding hydrogens is 428 g/mol. The Kier molecular flexibility index (Phi) is 6.77. The minimum atomic E-state index is -0.710. The Balaban J connectivity index is 1.78.